The summed E-state index contributed by atoms with van der Waals surface area (Å²) in [7, 11) is -2.14. The van der Waals surface area contributed by atoms with Gasteiger partial charge in [0.2, 0.25) is 9.84 Å². The number of anilines is 1. The number of carbonyl (C=O) groups excluding carboxylic acids is 1. The first-order chi connectivity index (χ1) is 15.1. The van der Waals surface area contributed by atoms with Crippen LogP contribution in [0.4, 0.5) is 5.82 Å². The zero-order chi connectivity index (χ0) is 23.1. The molecule has 3 aliphatic heterocycles. The maximum atomic E-state index is 13.8. The molecule has 1 aromatic carbocycles. The topological polar surface area (TPSA) is 93.5 Å². The molecule has 0 aliphatic carbocycles. The van der Waals surface area contributed by atoms with Crippen LogP contribution in [0.5, 0.6) is 0 Å². The Kier molecular flexibility index (Phi) is 5.72. The number of sulfone groups is 1. The fourth-order valence-electron chi connectivity index (χ4n) is 3.83. The van der Waals surface area contributed by atoms with E-state index in [9.17, 15) is 13.2 Å². The van der Waals surface area contributed by atoms with E-state index >= 15 is 0 Å². The van der Waals surface area contributed by atoms with E-state index in [2.05, 4.69) is 5.32 Å². The fraction of sp³-hybridized carbons (Fsp3) is 0.391. The van der Waals surface area contributed by atoms with Gasteiger partial charge in [0.25, 0.3) is 0 Å². The number of aromatic nitrogens is 2. The zero-order valence-corrected chi connectivity index (χ0v) is 19.6. The van der Waals surface area contributed by atoms with Crippen molar-refractivity contribution in [1.29, 1.82) is 0 Å². The van der Waals surface area contributed by atoms with Gasteiger partial charge in [0.1, 0.15) is 16.2 Å². The number of pyridine rings is 1. The Morgan fingerprint density at radius 1 is 1.09 bits per heavy atom. The summed E-state index contributed by atoms with van der Waals surface area (Å²) in [5.41, 5.74) is 0.283. The predicted octanol–water partition coefficient (Wildman–Crippen LogP) is 2.72. The second-order valence-corrected chi connectivity index (χ2v) is 10.7. The van der Waals surface area contributed by atoms with E-state index in [1.807, 2.05) is 4.90 Å². The highest BCUT2D eigenvalue weighted by atomic mass is 32.2. The van der Waals surface area contributed by atoms with E-state index in [1.165, 1.54) is 0 Å². The van der Waals surface area contributed by atoms with E-state index in [0.717, 1.165) is 13.1 Å². The summed E-state index contributed by atoms with van der Waals surface area (Å²) in [4.78, 5) is 20.0. The van der Waals surface area contributed by atoms with Crippen LogP contribution in [0.2, 0.25) is 0 Å². The van der Waals surface area contributed by atoms with Gasteiger partial charge in [-0.05, 0) is 39.0 Å². The van der Waals surface area contributed by atoms with Gasteiger partial charge in [0.05, 0.1) is 16.2 Å². The van der Waals surface area contributed by atoms with Gasteiger partial charge in [-0.15, -0.1) is 0 Å². The van der Waals surface area contributed by atoms with E-state index in [0.29, 0.717) is 30.3 Å². The molecule has 3 aliphatic rings. The molecule has 0 amide bonds. The maximum absolute atomic E-state index is 13.8. The third kappa shape index (κ3) is 4.10. The molecule has 0 atom stereocenters. The number of ether oxygens (including phenoxy) is 1. The lowest BCUT2D eigenvalue weighted by Gasteiger charge is -2.28. The van der Waals surface area contributed by atoms with Crippen LogP contribution >= 0.6 is 0 Å². The van der Waals surface area contributed by atoms with Crippen LogP contribution < -0.4 is 10.2 Å². The van der Waals surface area contributed by atoms with Crippen molar-refractivity contribution in [1.82, 2.24) is 14.9 Å². The highest BCUT2D eigenvalue weighted by Crippen LogP contribution is 2.42. The number of hydrogen-bond acceptors (Lipinski definition) is 7. The van der Waals surface area contributed by atoms with Gasteiger partial charge >= 0.3 is 5.97 Å². The SMILES string of the molecule is Cn1ccc(C(=O)OC(C)(C)C)c2nc(N3CCNCC3)c(S(=O)(=O)c3ccccc3)c1-2. The number of piperazine rings is 1. The molecule has 1 saturated heterocycles. The Bertz CT molecular complexity index is 1210. The second kappa shape index (κ2) is 8.22. The van der Waals surface area contributed by atoms with Gasteiger partial charge in [-0.2, -0.15) is 0 Å². The summed E-state index contributed by atoms with van der Waals surface area (Å²) in [6.45, 7) is 8.05. The number of carbonyl (C=O) groups is 1. The molecule has 32 heavy (non-hydrogen) atoms. The standard InChI is InChI=1S/C23H28N4O4S/c1-23(2,3)31-22(28)17-10-13-26(4)19-18(17)25-21(27-14-11-24-12-15-27)20(19)32(29,30)16-8-6-5-7-9-16/h5-10,13,24H,11-12,14-15H2,1-4H3. The molecule has 0 spiro atoms. The lowest BCUT2D eigenvalue weighted by Crippen LogP contribution is -2.44. The highest BCUT2D eigenvalue weighted by molar-refractivity contribution is 7.91. The summed E-state index contributed by atoms with van der Waals surface area (Å²) in [5, 5.41) is 3.28. The van der Waals surface area contributed by atoms with Crippen molar-refractivity contribution in [3.63, 3.8) is 0 Å². The molecule has 8 nitrogen and oxygen atoms in total. The van der Waals surface area contributed by atoms with Crippen molar-refractivity contribution in [3.05, 3.63) is 48.2 Å². The van der Waals surface area contributed by atoms with Crippen molar-refractivity contribution < 1.29 is 17.9 Å². The van der Waals surface area contributed by atoms with E-state index in [4.69, 9.17) is 9.72 Å². The van der Waals surface area contributed by atoms with Gasteiger partial charge in [-0.1, -0.05) is 18.2 Å². The third-order valence-corrected chi connectivity index (χ3v) is 7.10. The molecule has 0 unspecified atom stereocenters. The molecule has 1 N–H and O–H groups in total. The number of esters is 1. The Hall–Kier alpha value is -2.91. The Labute approximate surface area is 188 Å². The Morgan fingerprint density at radius 2 is 1.75 bits per heavy atom. The molecular formula is C23H28N4O4S. The van der Waals surface area contributed by atoms with E-state index in [1.54, 1.807) is 75.0 Å². The summed E-state index contributed by atoms with van der Waals surface area (Å²) < 4.78 is 34.9. The molecule has 0 radical (unpaired) electrons. The van der Waals surface area contributed by atoms with Crippen molar-refractivity contribution in [2.75, 3.05) is 31.1 Å². The second-order valence-electron chi connectivity index (χ2n) is 8.86. The largest absolute Gasteiger partial charge is 0.456 e. The average molecular weight is 457 g/mol. The van der Waals surface area contributed by atoms with Crippen molar-refractivity contribution >= 4 is 21.6 Å². The number of nitrogens with one attached hydrogen (secondary N) is 1. The average Bonchev–Trinajstić information content (AvgIpc) is 3.16. The molecule has 0 saturated carbocycles. The van der Waals surface area contributed by atoms with Gasteiger partial charge in [-0.25, -0.2) is 18.2 Å². The van der Waals surface area contributed by atoms with Crippen LogP contribution in [0.15, 0.2) is 52.4 Å². The smallest absolute Gasteiger partial charge is 0.340 e. The zero-order valence-electron chi connectivity index (χ0n) is 18.8. The van der Waals surface area contributed by atoms with Crippen LogP contribution in [0, 0.1) is 0 Å². The molecule has 4 rings (SSSR count). The van der Waals surface area contributed by atoms with E-state index in [-0.39, 0.29) is 15.4 Å². The number of fused-ring (bicyclic) bond motifs is 1. The molecule has 9 heteroatoms. The predicted molar refractivity (Wildman–Crippen MR) is 122 cm³/mol. The summed E-state index contributed by atoms with van der Waals surface area (Å²) in [6.07, 6.45) is 1.68. The molecule has 1 aromatic rings. The van der Waals surface area contributed by atoms with Crippen LogP contribution in [-0.2, 0) is 21.6 Å². The number of aryl methyl sites for hydroxylation is 1. The Morgan fingerprint density at radius 3 is 2.38 bits per heavy atom. The first kappa shape index (κ1) is 22.3. The normalized spacial score (nSPS) is 15.2. The monoisotopic (exact) mass is 456 g/mol. The van der Waals surface area contributed by atoms with Gasteiger partial charge in [0.15, 0.2) is 5.82 Å². The number of nitrogens with zero attached hydrogens (tertiary/aromatic N) is 3. The summed E-state index contributed by atoms with van der Waals surface area (Å²) >= 11 is 0. The number of rotatable bonds is 4. The quantitative estimate of drug-likeness (QED) is 0.604. The third-order valence-electron chi connectivity index (χ3n) is 5.29. The van der Waals surface area contributed by atoms with Crippen molar-refractivity contribution in [2.24, 2.45) is 7.05 Å². The summed E-state index contributed by atoms with van der Waals surface area (Å²) in [6, 6.07) is 9.95. The van der Waals surface area contributed by atoms with Gasteiger partial charge < -0.3 is 19.5 Å². The molecule has 1 fully saturated rings. The van der Waals surface area contributed by atoms with Crippen molar-refractivity contribution in [3.8, 4) is 11.4 Å². The molecular weight excluding hydrogens is 428 g/mol. The summed E-state index contributed by atoms with van der Waals surface area (Å²) in [5.74, 6) is -0.159. The van der Waals surface area contributed by atoms with E-state index < -0.39 is 21.4 Å². The van der Waals surface area contributed by atoms with Gasteiger partial charge in [-0.3, -0.25) is 0 Å². The minimum Gasteiger partial charge on any atom is -0.456 e. The van der Waals surface area contributed by atoms with Gasteiger partial charge in [0, 0.05) is 39.4 Å². The van der Waals surface area contributed by atoms with Crippen LogP contribution in [0.25, 0.3) is 11.4 Å². The molecule has 0 bridgehead atoms. The van der Waals surface area contributed by atoms with Crippen LogP contribution in [0.3, 0.4) is 0 Å². The minimum absolute atomic E-state index is 0.119. The minimum atomic E-state index is -3.90. The number of hydrogen-bond donors (Lipinski definition) is 1. The molecule has 0 aromatic heterocycles. The highest BCUT2D eigenvalue weighted by Gasteiger charge is 2.37. The fourth-order valence-corrected chi connectivity index (χ4v) is 5.49. The molecule has 3 heterocycles. The van der Waals surface area contributed by atoms with Crippen molar-refractivity contribution in [2.45, 2.75) is 36.2 Å². The first-order valence-corrected chi connectivity index (χ1v) is 12.1. The Balaban J connectivity index is 1.97. The molecule has 170 valence electrons. The maximum Gasteiger partial charge on any atom is 0.340 e. The van der Waals surface area contributed by atoms with Crippen LogP contribution in [-0.4, -0.2) is 55.7 Å². The lowest BCUT2D eigenvalue weighted by molar-refractivity contribution is 0.00699. The first-order valence-electron chi connectivity index (χ1n) is 10.6. The van der Waals surface area contributed by atoms with Crippen LogP contribution in [0.1, 0.15) is 31.1 Å². The lowest BCUT2D eigenvalue weighted by atomic mass is 10.1. The number of benzene rings is 1.